The van der Waals surface area contributed by atoms with Crippen molar-refractivity contribution in [2.75, 3.05) is 11.4 Å². The Bertz CT molecular complexity index is 1340. The minimum atomic E-state index is -1.18. The third-order valence-electron chi connectivity index (χ3n) is 8.65. The number of anilines is 2. The Hall–Kier alpha value is -3.58. The van der Waals surface area contributed by atoms with Crippen LogP contribution in [0.2, 0.25) is 0 Å². The van der Waals surface area contributed by atoms with E-state index in [2.05, 4.69) is 68.1 Å². The van der Waals surface area contributed by atoms with Crippen LogP contribution in [-0.2, 0) is 17.6 Å². The number of carboxylic acids is 1. The van der Waals surface area contributed by atoms with E-state index >= 15 is 0 Å². The van der Waals surface area contributed by atoms with Crippen LogP contribution in [0, 0.1) is 11.3 Å². The summed E-state index contributed by atoms with van der Waals surface area (Å²) in [7, 11) is 0. The standard InChI is InChI=1S/C36H46N2O2/c1-7-8-9-10-11-12-14-30-16-19-33(20-17-30)38-22-13-15-32-23-31(18-21-35(32)38)28(5)26(3)25(2)27(4)29(6)34(24-37)36(39)40/h16-21,23H,7-15,22H2,1-6H3,(H,39,40)/b27-25+,28-26+,34-29+. The zero-order valence-electron chi connectivity index (χ0n) is 25.4. The maximum atomic E-state index is 11.5. The van der Waals surface area contributed by atoms with Gasteiger partial charge in [0.1, 0.15) is 11.6 Å². The molecule has 1 heterocycles. The Kier molecular flexibility index (Phi) is 11.4. The van der Waals surface area contributed by atoms with Crippen LogP contribution in [-0.4, -0.2) is 17.6 Å². The van der Waals surface area contributed by atoms with Crippen LogP contribution >= 0.6 is 0 Å². The number of carboxylic acid groups (broad SMARTS) is 1. The molecule has 0 saturated carbocycles. The van der Waals surface area contributed by atoms with Crippen molar-refractivity contribution < 1.29 is 9.90 Å². The molecule has 0 radical (unpaired) electrons. The van der Waals surface area contributed by atoms with Crippen molar-refractivity contribution in [2.45, 2.75) is 99.3 Å². The molecule has 0 bridgehead atoms. The number of hydrogen-bond donors (Lipinski definition) is 1. The molecule has 2 aromatic carbocycles. The number of benzene rings is 2. The summed E-state index contributed by atoms with van der Waals surface area (Å²) in [6.45, 7) is 13.1. The SMILES string of the molecule is CCCCCCCCc1ccc(N2CCCc3cc(/C(C)=C(C)/C(C)=C(C)/C(C)=C(\C#N)C(=O)O)ccc32)cc1. The van der Waals surface area contributed by atoms with Gasteiger partial charge in [0.15, 0.2) is 0 Å². The molecule has 1 aliphatic rings. The van der Waals surface area contributed by atoms with Gasteiger partial charge in [-0.25, -0.2) is 4.79 Å². The molecule has 0 aliphatic carbocycles. The molecule has 3 rings (SSSR count). The number of nitriles is 1. The summed E-state index contributed by atoms with van der Waals surface area (Å²) in [5.41, 5.74) is 10.9. The number of carbonyl (C=O) groups is 1. The number of unbranched alkanes of at least 4 members (excludes halogenated alkanes) is 5. The lowest BCUT2D eigenvalue weighted by molar-refractivity contribution is -0.132. The minimum Gasteiger partial charge on any atom is -0.477 e. The van der Waals surface area contributed by atoms with Crippen molar-refractivity contribution >= 4 is 22.9 Å². The summed E-state index contributed by atoms with van der Waals surface area (Å²) in [5.74, 6) is -1.18. The second-order valence-corrected chi connectivity index (χ2v) is 11.2. The van der Waals surface area contributed by atoms with Gasteiger partial charge >= 0.3 is 5.97 Å². The van der Waals surface area contributed by atoms with Gasteiger partial charge in [0.25, 0.3) is 0 Å². The fourth-order valence-electron chi connectivity index (χ4n) is 5.59. The number of allylic oxidation sites excluding steroid dienone is 5. The van der Waals surface area contributed by atoms with Crippen molar-refractivity contribution in [3.8, 4) is 6.07 Å². The normalized spacial score (nSPS) is 15.0. The highest BCUT2D eigenvalue weighted by Gasteiger charge is 2.20. The zero-order valence-corrected chi connectivity index (χ0v) is 25.4. The molecule has 4 nitrogen and oxygen atoms in total. The zero-order chi connectivity index (χ0) is 29.2. The first-order valence-electron chi connectivity index (χ1n) is 14.9. The lowest BCUT2D eigenvalue weighted by Crippen LogP contribution is -2.24. The molecule has 40 heavy (non-hydrogen) atoms. The van der Waals surface area contributed by atoms with Crippen LogP contribution in [0.4, 0.5) is 11.4 Å². The second kappa shape index (κ2) is 14.7. The van der Waals surface area contributed by atoms with E-state index in [4.69, 9.17) is 0 Å². The van der Waals surface area contributed by atoms with Crippen LogP contribution in [0.5, 0.6) is 0 Å². The van der Waals surface area contributed by atoms with E-state index in [0.717, 1.165) is 48.1 Å². The summed E-state index contributed by atoms with van der Waals surface area (Å²) in [5, 5.41) is 18.7. The summed E-state index contributed by atoms with van der Waals surface area (Å²) in [6, 6.07) is 17.8. The molecule has 1 N–H and O–H groups in total. The van der Waals surface area contributed by atoms with Gasteiger partial charge in [0, 0.05) is 17.9 Å². The van der Waals surface area contributed by atoms with Crippen molar-refractivity contribution in [3.05, 3.63) is 87.0 Å². The van der Waals surface area contributed by atoms with Crippen LogP contribution in [0.15, 0.2) is 70.3 Å². The van der Waals surface area contributed by atoms with Crippen molar-refractivity contribution in [1.29, 1.82) is 5.26 Å². The smallest absolute Gasteiger partial charge is 0.346 e. The number of aliphatic carboxylic acids is 1. The lowest BCUT2D eigenvalue weighted by atomic mass is 9.90. The summed E-state index contributed by atoms with van der Waals surface area (Å²) < 4.78 is 0. The average Bonchev–Trinajstić information content (AvgIpc) is 2.97. The van der Waals surface area contributed by atoms with E-state index in [0.29, 0.717) is 5.57 Å². The minimum absolute atomic E-state index is 0.202. The van der Waals surface area contributed by atoms with Gasteiger partial charge in [0.05, 0.1) is 0 Å². The van der Waals surface area contributed by atoms with E-state index in [1.165, 1.54) is 66.6 Å². The third-order valence-corrected chi connectivity index (χ3v) is 8.65. The highest BCUT2D eigenvalue weighted by atomic mass is 16.4. The van der Waals surface area contributed by atoms with Gasteiger partial charge in [-0.15, -0.1) is 0 Å². The maximum absolute atomic E-state index is 11.5. The molecular weight excluding hydrogens is 492 g/mol. The van der Waals surface area contributed by atoms with E-state index in [1.54, 1.807) is 6.92 Å². The number of aryl methyl sites for hydroxylation is 2. The summed E-state index contributed by atoms with van der Waals surface area (Å²) >= 11 is 0. The summed E-state index contributed by atoms with van der Waals surface area (Å²) in [4.78, 5) is 13.9. The van der Waals surface area contributed by atoms with Gasteiger partial charge in [-0.05, 0) is 129 Å². The van der Waals surface area contributed by atoms with Crippen molar-refractivity contribution in [2.24, 2.45) is 0 Å². The molecule has 0 spiro atoms. The Morgan fingerprint density at radius 1 is 0.875 bits per heavy atom. The number of fused-ring (bicyclic) bond motifs is 1. The largest absolute Gasteiger partial charge is 0.477 e. The van der Waals surface area contributed by atoms with Crippen LogP contribution < -0.4 is 4.90 Å². The Morgan fingerprint density at radius 3 is 2.17 bits per heavy atom. The Balaban J connectivity index is 1.80. The van der Waals surface area contributed by atoms with Gasteiger partial charge < -0.3 is 10.0 Å². The van der Waals surface area contributed by atoms with Crippen molar-refractivity contribution in [1.82, 2.24) is 0 Å². The highest BCUT2D eigenvalue weighted by molar-refractivity contribution is 5.93. The fourth-order valence-corrected chi connectivity index (χ4v) is 5.59. The summed E-state index contributed by atoms with van der Waals surface area (Å²) in [6.07, 6.45) is 11.3. The number of rotatable bonds is 12. The fraction of sp³-hybridized carbons (Fsp3) is 0.444. The van der Waals surface area contributed by atoms with Gasteiger partial charge in [0.2, 0.25) is 0 Å². The second-order valence-electron chi connectivity index (χ2n) is 11.2. The average molecular weight is 539 g/mol. The molecule has 2 aromatic rings. The predicted octanol–water partition coefficient (Wildman–Crippen LogP) is 9.73. The molecule has 0 aromatic heterocycles. The first kappa shape index (κ1) is 31.0. The Morgan fingerprint density at radius 2 is 1.52 bits per heavy atom. The monoisotopic (exact) mass is 538 g/mol. The molecular formula is C36H46N2O2. The van der Waals surface area contributed by atoms with E-state index in [9.17, 15) is 15.2 Å². The predicted molar refractivity (Wildman–Crippen MR) is 168 cm³/mol. The molecule has 0 amide bonds. The van der Waals surface area contributed by atoms with Crippen LogP contribution in [0.25, 0.3) is 5.57 Å². The van der Waals surface area contributed by atoms with Crippen molar-refractivity contribution in [3.63, 3.8) is 0 Å². The molecule has 1 aliphatic heterocycles. The van der Waals surface area contributed by atoms with Gasteiger partial charge in [-0.2, -0.15) is 5.26 Å². The van der Waals surface area contributed by atoms with Gasteiger partial charge in [-0.1, -0.05) is 57.2 Å². The van der Waals surface area contributed by atoms with E-state index < -0.39 is 5.97 Å². The molecule has 0 atom stereocenters. The van der Waals surface area contributed by atoms with E-state index in [1.807, 2.05) is 19.9 Å². The van der Waals surface area contributed by atoms with Crippen LogP contribution in [0.3, 0.4) is 0 Å². The number of hydrogen-bond acceptors (Lipinski definition) is 3. The maximum Gasteiger partial charge on any atom is 0.346 e. The molecule has 0 unspecified atom stereocenters. The Labute approximate surface area is 241 Å². The highest BCUT2D eigenvalue weighted by Crippen LogP contribution is 2.36. The topological polar surface area (TPSA) is 64.3 Å². The lowest BCUT2D eigenvalue weighted by Gasteiger charge is -2.32. The third kappa shape index (κ3) is 7.54. The molecule has 212 valence electrons. The molecule has 0 fully saturated rings. The first-order valence-corrected chi connectivity index (χ1v) is 14.9. The quantitative estimate of drug-likeness (QED) is 0.126. The molecule has 4 heteroatoms. The number of nitrogens with zero attached hydrogens (tertiary/aromatic N) is 2. The molecule has 0 saturated heterocycles. The first-order chi connectivity index (χ1) is 19.2. The van der Waals surface area contributed by atoms with Crippen LogP contribution in [0.1, 0.15) is 103 Å². The van der Waals surface area contributed by atoms with E-state index in [-0.39, 0.29) is 5.57 Å². The van der Waals surface area contributed by atoms with Gasteiger partial charge in [-0.3, -0.25) is 0 Å².